The third-order valence-corrected chi connectivity index (χ3v) is 8.79. The molecule has 2 aliphatic heterocycles. The molecule has 182 valence electrons. The molecule has 0 bridgehead atoms. The third-order valence-electron chi connectivity index (χ3n) is 6.89. The number of piperazine rings is 1. The van der Waals surface area contributed by atoms with Gasteiger partial charge in [0.05, 0.1) is 11.1 Å². The van der Waals surface area contributed by atoms with Crippen molar-refractivity contribution < 1.29 is 13.2 Å². The van der Waals surface area contributed by atoms with Crippen LogP contribution in [-0.2, 0) is 14.8 Å². The molecule has 11 heteroatoms. The van der Waals surface area contributed by atoms with E-state index < -0.39 is 10.0 Å². The Balaban J connectivity index is 1.43. The summed E-state index contributed by atoms with van der Waals surface area (Å²) in [5.41, 5.74) is 1.30. The van der Waals surface area contributed by atoms with Crippen molar-refractivity contribution in [2.75, 3.05) is 54.9 Å². The van der Waals surface area contributed by atoms with Gasteiger partial charge in [0, 0.05) is 57.9 Å². The number of nitrogens with one attached hydrogen (secondary N) is 2. The van der Waals surface area contributed by atoms with Crippen molar-refractivity contribution in [2.24, 2.45) is 0 Å². The summed E-state index contributed by atoms with van der Waals surface area (Å²) in [7, 11) is -1.81. The van der Waals surface area contributed by atoms with Crippen molar-refractivity contribution >= 4 is 39.1 Å². The van der Waals surface area contributed by atoms with Gasteiger partial charge in [-0.15, -0.1) is 0 Å². The van der Waals surface area contributed by atoms with Gasteiger partial charge in [0.25, 0.3) is 0 Å². The maximum absolute atomic E-state index is 13.1. The van der Waals surface area contributed by atoms with Crippen LogP contribution in [0.15, 0.2) is 35.4 Å². The molecule has 5 rings (SSSR count). The summed E-state index contributed by atoms with van der Waals surface area (Å²) in [6.07, 6.45) is 6.68. The second kappa shape index (κ2) is 9.47. The minimum absolute atomic E-state index is 0.0527. The molecule has 1 aliphatic carbocycles. The zero-order valence-corrected chi connectivity index (χ0v) is 20.2. The van der Waals surface area contributed by atoms with Crippen LogP contribution in [0.1, 0.15) is 32.1 Å². The van der Waals surface area contributed by atoms with E-state index in [0.29, 0.717) is 62.5 Å². The fraction of sp³-hybridized carbons (Fsp3) is 0.522. The Morgan fingerprint density at radius 2 is 1.88 bits per heavy atom. The van der Waals surface area contributed by atoms with Gasteiger partial charge in [0.2, 0.25) is 21.9 Å². The molecule has 1 saturated carbocycles. The zero-order chi connectivity index (χ0) is 23.7. The van der Waals surface area contributed by atoms with Gasteiger partial charge < -0.3 is 20.4 Å². The van der Waals surface area contributed by atoms with Crippen molar-refractivity contribution in [1.82, 2.24) is 19.6 Å². The lowest BCUT2D eigenvalue weighted by atomic mass is 10.2. The molecule has 1 amide bonds. The van der Waals surface area contributed by atoms with Gasteiger partial charge in [0.15, 0.2) is 5.82 Å². The second-order valence-electron chi connectivity index (χ2n) is 9.04. The van der Waals surface area contributed by atoms with E-state index in [-0.39, 0.29) is 10.8 Å². The Morgan fingerprint density at radius 1 is 1.12 bits per heavy atom. The van der Waals surface area contributed by atoms with Crippen LogP contribution in [0.5, 0.6) is 0 Å². The molecule has 1 aromatic carbocycles. The number of hydrogen-bond acceptors (Lipinski definition) is 8. The van der Waals surface area contributed by atoms with Crippen molar-refractivity contribution in [2.45, 2.75) is 43.0 Å². The fourth-order valence-electron chi connectivity index (χ4n) is 4.97. The minimum atomic E-state index is -3.57. The Morgan fingerprint density at radius 3 is 2.65 bits per heavy atom. The summed E-state index contributed by atoms with van der Waals surface area (Å²) < 4.78 is 27.7. The highest BCUT2D eigenvalue weighted by Gasteiger charge is 2.32. The quantitative estimate of drug-likeness (QED) is 0.661. The monoisotopic (exact) mass is 485 g/mol. The third kappa shape index (κ3) is 4.47. The molecule has 2 aromatic rings. The molecule has 3 heterocycles. The molecule has 1 saturated heterocycles. The van der Waals surface area contributed by atoms with Crippen molar-refractivity contribution in [3.63, 3.8) is 0 Å². The van der Waals surface area contributed by atoms with E-state index in [0.717, 1.165) is 18.7 Å². The SMILES string of the molecule is CN1C(=O)CCN(C2CCCC2)c2nc(Nc3cccc(S(=O)(=O)N4CCNCC4)c3)ncc21. The van der Waals surface area contributed by atoms with Gasteiger partial charge in [-0.3, -0.25) is 4.79 Å². The highest BCUT2D eigenvalue weighted by Crippen LogP contribution is 2.36. The lowest BCUT2D eigenvalue weighted by Crippen LogP contribution is -2.46. The number of fused-ring (bicyclic) bond motifs is 1. The lowest BCUT2D eigenvalue weighted by molar-refractivity contribution is -0.118. The van der Waals surface area contributed by atoms with E-state index >= 15 is 0 Å². The maximum Gasteiger partial charge on any atom is 0.243 e. The van der Waals surface area contributed by atoms with Crippen LogP contribution in [0, 0.1) is 0 Å². The number of benzene rings is 1. The molecule has 0 atom stereocenters. The van der Waals surface area contributed by atoms with E-state index in [1.54, 1.807) is 42.4 Å². The van der Waals surface area contributed by atoms with Crippen molar-refractivity contribution in [1.29, 1.82) is 0 Å². The van der Waals surface area contributed by atoms with Crippen LogP contribution in [0.4, 0.5) is 23.1 Å². The molecule has 0 radical (unpaired) electrons. The van der Waals surface area contributed by atoms with Gasteiger partial charge >= 0.3 is 0 Å². The summed E-state index contributed by atoms with van der Waals surface area (Å²) in [4.78, 5) is 25.9. The predicted octanol–water partition coefficient (Wildman–Crippen LogP) is 1.93. The average molecular weight is 486 g/mol. The first-order valence-electron chi connectivity index (χ1n) is 11.9. The smallest absolute Gasteiger partial charge is 0.243 e. The highest BCUT2D eigenvalue weighted by atomic mass is 32.2. The summed E-state index contributed by atoms with van der Waals surface area (Å²) in [5, 5.41) is 6.36. The van der Waals surface area contributed by atoms with Gasteiger partial charge in [-0.05, 0) is 31.0 Å². The van der Waals surface area contributed by atoms with Crippen LogP contribution in [0.3, 0.4) is 0 Å². The largest absolute Gasteiger partial charge is 0.351 e. The Hall–Kier alpha value is -2.76. The van der Waals surface area contributed by atoms with E-state index in [1.807, 2.05) is 0 Å². The molecule has 1 aromatic heterocycles. The van der Waals surface area contributed by atoms with Crippen molar-refractivity contribution in [3.8, 4) is 0 Å². The Labute approximate surface area is 200 Å². The summed E-state index contributed by atoms with van der Waals surface area (Å²) in [5.74, 6) is 1.18. The number of carbonyl (C=O) groups is 1. The van der Waals surface area contributed by atoms with Crippen LogP contribution < -0.4 is 20.4 Å². The molecule has 34 heavy (non-hydrogen) atoms. The Bertz CT molecular complexity index is 1160. The average Bonchev–Trinajstić information content (AvgIpc) is 3.35. The molecule has 2 fully saturated rings. The number of anilines is 4. The van der Waals surface area contributed by atoms with Gasteiger partial charge in [0.1, 0.15) is 5.69 Å². The second-order valence-corrected chi connectivity index (χ2v) is 11.0. The Kier molecular flexibility index (Phi) is 6.41. The number of sulfonamides is 1. The molecule has 0 unspecified atom stereocenters. The van der Waals surface area contributed by atoms with Crippen LogP contribution in [0.25, 0.3) is 0 Å². The molecule has 3 aliphatic rings. The van der Waals surface area contributed by atoms with Crippen LogP contribution >= 0.6 is 0 Å². The fourth-order valence-corrected chi connectivity index (χ4v) is 6.46. The topological polar surface area (TPSA) is 111 Å². The molecule has 0 spiro atoms. The first-order chi connectivity index (χ1) is 16.4. The normalized spacial score (nSPS) is 20.3. The summed E-state index contributed by atoms with van der Waals surface area (Å²) in [6.45, 7) is 2.84. The summed E-state index contributed by atoms with van der Waals surface area (Å²) >= 11 is 0. The summed E-state index contributed by atoms with van der Waals surface area (Å²) in [6, 6.07) is 7.13. The van der Waals surface area contributed by atoms with E-state index in [1.165, 1.54) is 17.1 Å². The van der Waals surface area contributed by atoms with Gasteiger partial charge in [-0.25, -0.2) is 13.4 Å². The molecule has 2 N–H and O–H groups in total. The minimum Gasteiger partial charge on any atom is -0.351 e. The number of aromatic nitrogens is 2. The van der Waals surface area contributed by atoms with Crippen LogP contribution in [0.2, 0.25) is 0 Å². The number of carbonyl (C=O) groups excluding carboxylic acids is 1. The number of hydrogen-bond donors (Lipinski definition) is 2. The first-order valence-corrected chi connectivity index (χ1v) is 13.4. The molecular formula is C23H31N7O3S. The predicted molar refractivity (Wildman–Crippen MR) is 131 cm³/mol. The van der Waals surface area contributed by atoms with Gasteiger partial charge in [-0.1, -0.05) is 18.9 Å². The molecular weight excluding hydrogens is 454 g/mol. The van der Waals surface area contributed by atoms with E-state index in [9.17, 15) is 13.2 Å². The van der Waals surface area contributed by atoms with Crippen LogP contribution in [-0.4, -0.2) is 74.4 Å². The molecule has 10 nitrogen and oxygen atoms in total. The lowest BCUT2D eigenvalue weighted by Gasteiger charge is -2.30. The zero-order valence-electron chi connectivity index (χ0n) is 19.4. The highest BCUT2D eigenvalue weighted by molar-refractivity contribution is 7.89. The number of amides is 1. The van der Waals surface area contributed by atoms with Gasteiger partial charge in [-0.2, -0.15) is 9.29 Å². The number of nitrogens with zero attached hydrogens (tertiary/aromatic N) is 5. The van der Waals surface area contributed by atoms with E-state index in [2.05, 4.69) is 20.5 Å². The first kappa shape index (κ1) is 23.0. The standard InChI is InChI=1S/C23H31N7O3S/c1-28-20-16-25-23(27-22(20)30(12-9-21(28)31)18-6-2-3-7-18)26-17-5-4-8-19(15-17)34(32,33)29-13-10-24-11-14-29/h4-5,8,15-16,18,24H,2-3,6-7,9-14H2,1H3,(H,25,26,27). The maximum atomic E-state index is 13.1. The number of rotatable bonds is 5. The van der Waals surface area contributed by atoms with Crippen molar-refractivity contribution in [3.05, 3.63) is 30.5 Å². The van der Waals surface area contributed by atoms with E-state index in [4.69, 9.17) is 4.98 Å².